The smallest absolute Gasteiger partial charge is 0.259 e. The van der Waals surface area contributed by atoms with Crippen LogP contribution in [0.1, 0.15) is 37.7 Å². The van der Waals surface area contributed by atoms with Gasteiger partial charge in [0.1, 0.15) is 5.82 Å². The number of hydrogen-bond donors (Lipinski definition) is 1. The zero-order valence-corrected chi connectivity index (χ0v) is 13.0. The van der Waals surface area contributed by atoms with Gasteiger partial charge in [0, 0.05) is 33.0 Å². The Labute approximate surface area is 128 Å². The number of aromatic nitrogens is 2. The first kappa shape index (κ1) is 15.2. The van der Waals surface area contributed by atoms with Crippen LogP contribution in [0.2, 0.25) is 0 Å². The topological polar surface area (TPSA) is 64.2 Å². The minimum Gasteiger partial charge on any atom is -0.383 e. The van der Waals surface area contributed by atoms with Crippen molar-refractivity contribution in [2.24, 2.45) is 12.5 Å². The van der Waals surface area contributed by atoms with Crippen molar-refractivity contribution >= 4 is 11.8 Å². The van der Waals surface area contributed by atoms with E-state index in [1.165, 1.54) is 4.57 Å². The largest absolute Gasteiger partial charge is 0.383 e. The summed E-state index contributed by atoms with van der Waals surface area (Å²) >= 11 is 0. The van der Waals surface area contributed by atoms with E-state index >= 15 is 0 Å². The molecule has 0 amide bonds. The second-order valence-electron chi connectivity index (χ2n) is 6.81. The van der Waals surface area contributed by atoms with Crippen LogP contribution in [0.4, 0.5) is 20.5 Å². The van der Waals surface area contributed by atoms with Crippen molar-refractivity contribution < 1.29 is 8.78 Å². The van der Waals surface area contributed by atoms with Crippen LogP contribution >= 0.6 is 0 Å². The third-order valence-corrected chi connectivity index (χ3v) is 5.29. The maximum Gasteiger partial charge on any atom is 0.259 e. The zero-order valence-electron chi connectivity index (χ0n) is 13.0. The van der Waals surface area contributed by atoms with E-state index in [0.29, 0.717) is 43.9 Å². The van der Waals surface area contributed by atoms with E-state index in [1.807, 2.05) is 4.90 Å². The Hall–Kier alpha value is -1.66. The highest BCUT2D eigenvalue weighted by Crippen LogP contribution is 2.52. The molecule has 2 N–H and O–H groups in total. The van der Waals surface area contributed by atoms with Crippen LogP contribution in [-0.2, 0) is 7.05 Å². The molecule has 0 aromatic carbocycles. The van der Waals surface area contributed by atoms with Crippen LogP contribution in [0, 0.1) is 12.3 Å². The maximum absolute atomic E-state index is 13.5. The van der Waals surface area contributed by atoms with Crippen molar-refractivity contribution in [2.75, 3.05) is 23.7 Å². The zero-order chi connectivity index (χ0) is 16.1. The first-order chi connectivity index (χ1) is 10.2. The predicted molar refractivity (Wildman–Crippen MR) is 81.3 cm³/mol. The third kappa shape index (κ3) is 2.46. The van der Waals surface area contributed by atoms with Crippen LogP contribution in [-0.4, -0.2) is 28.6 Å². The van der Waals surface area contributed by atoms with Crippen LogP contribution in [0.3, 0.4) is 0 Å². The molecular formula is C15H22F2N4O. The molecule has 1 aliphatic carbocycles. The van der Waals surface area contributed by atoms with E-state index < -0.39 is 5.92 Å². The normalized spacial score (nSPS) is 23.2. The number of rotatable bonds is 1. The number of alkyl halides is 2. The van der Waals surface area contributed by atoms with Gasteiger partial charge in [0.05, 0.1) is 5.56 Å². The van der Waals surface area contributed by atoms with E-state index in [4.69, 9.17) is 5.73 Å². The summed E-state index contributed by atoms with van der Waals surface area (Å²) in [6.45, 7) is 2.93. The van der Waals surface area contributed by atoms with Gasteiger partial charge in [0.2, 0.25) is 11.9 Å². The minimum absolute atomic E-state index is 0.00121. The van der Waals surface area contributed by atoms with E-state index in [9.17, 15) is 13.6 Å². The van der Waals surface area contributed by atoms with Crippen molar-refractivity contribution in [1.82, 2.24) is 9.55 Å². The molecule has 1 aromatic heterocycles. The Balaban J connectivity index is 1.79. The number of halogens is 2. The fraction of sp³-hybridized carbons (Fsp3) is 0.733. The van der Waals surface area contributed by atoms with Crippen LogP contribution in [0.15, 0.2) is 4.79 Å². The third-order valence-electron chi connectivity index (χ3n) is 5.29. The Morgan fingerprint density at radius 1 is 1.18 bits per heavy atom. The number of nitrogens with two attached hydrogens (primary N) is 1. The molecule has 5 nitrogen and oxygen atoms in total. The maximum atomic E-state index is 13.5. The lowest BCUT2D eigenvalue weighted by Gasteiger charge is -2.40. The van der Waals surface area contributed by atoms with Gasteiger partial charge in [-0.2, -0.15) is 4.98 Å². The number of nitrogens with zero attached hydrogens (tertiary/aromatic N) is 3. The van der Waals surface area contributed by atoms with Crippen molar-refractivity contribution in [3.63, 3.8) is 0 Å². The number of hydrogen-bond acceptors (Lipinski definition) is 4. The molecule has 2 heterocycles. The van der Waals surface area contributed by atoms with Gasteiger partial charge in [-0.1, -0.05) is 0 Å². The van der Waals surface area contributed by atoms with Gasteiger partial charge in [0.25, 0.3) is 5.56 Å². The standard InChI is InChI=1S/C15H22F2N4O/c1-10-11(18)19-13(20(2)12(10)22)21-7-5-14(6-8-21)3-4-15(16,17)9-14/h3-9,18H2,1-2H3. The highest BCUT2D eigenvalue weighted by atomic mass is 19.3. The molecule has 1 saturated heterocycles. The van der Waals surface area contributed by atoms with E-state index in [-0.39, 0.29) is 29.6 Å². The molecule has 2 fully saturated rings. The van der Waals surface area contributed by atoms with Gasteiger partial charge in [-0.05, 0) is 31.6 Å². The summed E-state index contributed by atoms with van der Waals surface area (Å²) < 4.78 is 28.5. The molecule has 0 radical (unpaired) electrons. The molecular weight excluding hydrogens is 290 g/mol. The lowest BCUT2D eigenvalue weighted by molar-refractivity contribution is -0.00685. The lowest BCUT2D eigenvalue weighted by Crippen LogP contribution is -2.42. The summed E-state index contributed by atoms with van der Waals surface area (Å²) in [6, 6.07) is 0. The highest BCUT2D eigenvalue weighted by Gasteiger charge is 2.50. The van der Waals surface area contributed by atoms with Crippen molar-refractivity contribution in [1.29, 1.82) is 0 Å². The predicted octanol–water partition coefficient (Wildman–Crippen LogP) is 2.08. The van der Waals surface area contributed by atoms with E-state index in [0.717, 1.165) is 0 Å². The summed E-state index contributed by atoms with van der Waals surface area (Å²) in [6.07, 6.45) is 2.02. The van der Waals surface area contributed by atoms with Gasteiger partial charge in [-0.3, -0.25) is 9.36 Å². The molecule has 0 atom stereocenters. The molecule has 2 aliphatic rings. The number of anilines is 2. The first-order valence-corrected chi connectivity index (χ1v) is 7.69. The van der Waals surface area contributed by atoms with Gasteiger partial charge in [-0.15, -0.1) is 0 Å². The minimum atomic E-state index is -2.51. The Bertz CT molecular complexity index is 648. The molecule has 22 heavy (non-hydrogen) atoms. The molecule has 122 valence electrons. The average Bonchev–Trinajstić information content (AvgIpc) is 2.77. The van der Waals surface area contributed by atoms with Crippen molar-refractivity contribution in [3.05, 3.63) is 15.9 Å². The summed E-state index contributed by atoms with van der Waals surface area (Å²) in [7, 11) is 1.67. The average molecular weight is 312 g/mol. The first-order valence-electron chi connectivity index (χ1n) is 7.69. The molecule has 1 aromatic rings. The summed E-state index contributed by atoms with van der Waals surface area (Å²) in [4.78, 5) is 18.4. The number of nitrogen functional groups attached to an aromatic ring is 1. The SMILES string of the molecule is Cc1c(N)nc(N2CCC3(CC2)CCC(F)(F)C3)n(C)c1=O. The molecule has 0 bridgehead atoms. The summed E-state index contributed by atoms with van der Waals surface area (Å²) in [5, 5.41) is 0. The second kappa shape index (κ2) is 4.93. The summed E-state index contributed by atoms with van der Waals surface area (Å²) in [5.74, 6) is -1.74. The fourth-order valence-electron chi connectivity index (χ4n) is 3.78. The second-order valence-corrected chi connectivity index (χ2v) is 6.81. The van der Waals surface area contributed by atoms with E-state index in [1.54, 1.807) is 14.0 Å². The molecule has 1 aliphatic heterocycles. The van der Waals surface area contributed by atoms with Gasteiger partial charge >= 0.3 is 0 Å². The Morgan fingerprint density at radius 2 is 1.82 bits per heavy atom. The van der Waals surface area contributed by atoms with Crippen molar-refractivity contribution in [2.45, 2.75) is 45.0 Å². The van der Waals surface area contributed by atoms with Gasteiger partial charge < -0.3 is 10.6 Å². The Kier molecular flexibility index (Phi) is 3.41. The molecule has 1 spiro atoms. The van der Waals surface area contributed by atoms with Crippen LogP contribution in [0.5, 0.6) is 0 Å². The number of piperidine rings is 1. The molecule has 3 rings (SSSR count). The fourth-order valence-corrected chi connectivity index (χ4v) is 3.78. The molecule has 7 heteroatoms. The highest BCUT2D eigenvalue weighted by molar-refractivity contribution is 5.45. The monoisotopic (exact) mass is 312 g/mol. The molecule has 0 unspecified atom stereocenters. The van der Waals surface area contributed by atoms with Crippen LogP contribution in [0.25, 0.3) is 0 Å². The van der Waals surface area contributed by atoms with E-state index in [2.05, 4.69) is 4.98 Å². The Morgan fingerprint density at radius 3 is 2.36 bits per heavy atom. The van der Waals surface area contributed by atoms with Crippen LogP contribution < -0.4 is 16.2 Å². The quantitative estimate of drug-likeness (QED) is 0.862. The lowest BCUT2D eigenvalue weighted by atomic mass is 9.77. The molecule has 1 saturated carbocycles. The summed E-state index contributed by atoms with van der Waals surface area (Å²) in [5.41, 5.74) is 5.84. The van der Waals surface area contributed by atoms with Gasteiger partial charge in [0.15, 0.2) is 0 Å². The van der Waals surface area contributed by atoms with Crippen molar-refractivity contribution in [3.8, 4) is 0 Å². The van der Waals surface area contributed by atoms with Gasteiger partial charge in [-0.25, -0.2) is 8.78 Å².